The molecular formula is C33H36ClN3O5. The Morgan fingerprint density at radius 1 is 0.905 bits per heavy atom. The molecule has 0 bridgehead atoms. The van der Waals surface area contributed by atoms with Gasteiger partial charge in [0.15, 0.2) is 0 Å². The van der Waals surface area contributed by atoms with E-state index in [9.17, 15) is 19.5 Å². The molecule has 1 spiro atoms. The number of carbonyl (C=O) groups excluding carboxylic acids is 3. The van der Waals surface area contributed by atoms with Crippen molar-refractivity contribution in [2.24, 2.45) is 11.8 Å². The highest BCUT2D eigenvalue weighted by atomic mass is 35.5. The summed E-state index contributed by atoms with van der Waals surface area (Å²) >= 11 is 6.13. The lowest BCUT2D eigenvalue weighted by molar-refractivity contribution is -0.150. The predicted octanol–water partition coefficient (Wildman–Crippen LogP) is 3.97. The molecule has 3 amide bonds. The van der Waals surface area contributed by atoms with Gasteiger partial charge in [-0.3, -0.25) is 14.4 Å². The number of likely N-dealkylation sites (tertiary alicyclic amines) is 1. The molecule has 4 heterocycles. The number of anilines is 1. The van der Waals surface area contributed by atoms with Crippen molar-refractivity contribution in [2.45, 2.75) is 50.0 Å². The summed E-state index contributed by atoms with van der Waals surface area (Å²) in [7, 11) is 0. The second-order valence-electron chi connectivity index (χ2n) is 11.5. The number of nitrogens with zero attached hydrogens (tertiary/aromatic N) is 3. The van der Waals surface area contributed by atoms with E-state index in [0.717, 1.165) is 5.56 Å². The number of amides is 3. The summed E-state index contributed by atoms with van der Waals surface area (Å²) in [5.74, 6) is -2.31. The minimum Gasteiger partial charge on any atom is -0.396 e. The zero-order valence-electron chi connectivity index (χ0n) is 23.7. The van der Waals surface area contributed by atoms with Gasteiger partial charge in [0, 0.05) is 43.5 Å². The maximum absolute atomic E-state index is 14.5. The third kappa shape index (κ3) is 4.57. The Morgan fingerprint density at radius 3 is 2.36 bits per heavy atom. The Hall–Kier alpha value is -3.46. The average Bonchev–Trinajstić information content (AvgIpc) is 3.28. The average molecular weight is 590 g/mol. The van der Waals surface area contributed by atoms with Gasteiger partial charge in [0.05, 0.1) is 17.4 Å². The number of benzene rings is 2. The van der Waals surface area contributed by atoms with Gasteiger partial charge in [-0.1, -0.05) is 73.2 Å². The van der Waals surface area contributed by atoms with E-state index >= 15 is 0 Å². The highest BCUT2D eigenvalue weighted by molar-refractivity contribution is 6.30. The van der Waals surface area contributed by atoms with Crippen LogP contribution >= 0.6 is 11.6 Å². The van der Waals surface area contributed by atoms with Crippen molar-refractivity contribution in [1.82, 2.24) is 9.80 Å². The summed E-state index contributed by atoms with van der Waals surface area (Å²) < 4.78 is 7.03. The number of halogens is 1. The number of fused-ring (bicyclic) bond motifs is 2. The van der Waals surface area contributed by atoms with E-state index in [1.807, 2.05) is 61.6 Å². The fraction of sp³-hybridized carbons (Fsp3) is 0.424. The first kappa shape index (κ1) is 28.6. The SMILES string of the molecule is CC[C@@]12C=CCN(Cc3ccccc3)C(=O)[C@@H]1[C@H]1C(=O)N(CCCCO)C3C(=O)N(c4ccc(Cl)cc4)CC=C[C@@]31O2. The quantitative estimate of drug-likeness (QED) is 0.372. The predicted molar refractivity (Wildman–Crippen MR) is 160 cm³/mol. The van der Waals surface area contributed by atoms with Gasteiger partial charge in [-0.25, -0.2) is 0 Å². The van der Waals surface area contributed by atoms with Crippen molar-refractivity contribution < 1.29 is 24.2 Å². The summed E-state index contributed by atoms with van der Waals surface area (Å²) in [6, 6.07) is 15.9. The third-order valence-corrected chi connectivity index (χ3v) is 9.44. The molecule has 4 aliphatic rings. The van der Waals surface area contributed by atoms with Crippen LogP contribution < -0.4 is 4.90 Å². The van der Waals surface area contributed by atoms with Crippen molar-refractivity contribution in [3.05, 3.63) is 89.5 Å². The largest absolute Gasteiger partial charge is 0.396 e. The smallest absolute Gasteiger partial charge is 0.253 e. The molecule has 5 atom stereocenters. The molecule has 9 heteroatoms. The van der Waals surface area contributed by atoms with Crippen LogP contribution in [0.1, 0.15) is 31.7 Å². The van der Waals surface area contributed by atoms with Crippen LogP contribution in [-0.2, 0) is 25.7 Å². The molecule has 1 unspecified atom stereocenters. The molecule has 6 rings (SSSR count). The molecule has 2 aromatic rings. The lowest BCUT2D eigenvalue weighted by Gasteiger charge is -2.38. The van der Waals surface area contributed by atoms with E-state index in [1.165, 1.54) is 0 Å². The van der Waals surface area contributed by atoms with E-state index in [2.05, 4.69) is 0 Å². The Morgan fingerprint density at radius 2 is 1.64 bits per heavy atom. The molecule has 1 N–H and O–H groups in total. The molecule has 4 aliphatic heterocycles. The second-order valence-corrected chi connectivity index (χ2v) is 12.0. The summed E-state index contributed by atoms with van der Waals surface area (Å²) in [6.45, 7) is 3.35. The fourth-order valence-electron chi connectivity index (χ4n) is 7.24. The number of aliphatic hydroxyl groups excluding tert-OH is 1. The number of unbranched alkanes of at least 4 members (excludes halogenated alkanes) is 1. The summed E-state index contributed by atoms with van der Waals surface area (Å²) in [5.41, 5.74) is -0.676. The molecule has 0 saturated carbocycles. The van der Waals surface area contributed by atoms with E-state index in [4.69, 9.17) is 16.3 Å². The van der Waals surface area contributed by atoms with E-state index < -0.39 is 29.1 Å². The minimum atomic E-state index is -1.31. The van der Waals surface area contributed by atoms with E-state index in [-0.39, 0.29) is 30.9 Å². The van der Waals surface area contributed by atoms with Gasteiger partial charge in [0.2, 0.25) is 11.8 Å². The molecular weight excluding hydrogens is 554 g/mol. The van der Waals surface area contributed by atoms with Gasteiger partial charge in [-0.05, 0) is 49.1 Å². The Labute approximate surface area is 251 Å². The van der Waals surface area contributed by atoms with Gasteiger partial charge in [0.25, 0.3) is 5.91 Å². The maximum Gasteiger partial charge on any atom is 0.253 e. The first-order chi connectivity index (χ1) is 20.3. The molecule has 2 fully saturated rings. The highest BCUT2D eigenvalue weighted by Gasteiger charge is 2.75. The van der Waals surface area contributed by atoms with Gasteiger partial charge in [-0.15, -0.1) is 0 Å². The van der Waals surface area contributed by atoms with Crippen molar-refractivity contribution in [3.63, 3.8) is 0 Å². The Bertz CT molecular complexity index is 1410. The lowest BCUT2D eigenvalue weighted by atomic mass is 9.73. The Kier molecular flexibility index (Phi) is 7.72. The monoisotopic (exact) mass is 589 g/mol. The van der Waals surface area contributed by atoms with Crippen LogP contribution in [0.4, 0.5) is 5.69 Å². The highest BCUT2D eigenvalue weighted by Crippen LogP contribution is 2.58. The van der Waals surface area contributed by atoms with E-state index in [1.54, 1.807) is 39.0 Å². The standard InChI is InChI=1S/C33H36ClN3O5/c1-2-32-16-8-18-35(22-23-10-4-3-5-11-23)29(39)26(32)27-30(40)37(19-6-7-21-38)28-31(41)36(20-9-17-33(27,28)42-32)25-14-12-24(34)13-15-25/h3-5,8-17,26-28,38H,2,6-7,18-22H2,1H3/t26-,27-,28?,32+,33-/m0/s1. The molecule has 0 aliphatic carbocycles. The lowest BCUT2D eigenvalue weighted by Crippen LogP contribution is -2.56. The molecule has 42 heavy (non-hydrogen) atoms. The van der Waals surface area contributed by atoms with Crippen LogP contribution in [0.3, 0.4) is 0 Å². The van der Waals surface area contributed by atoms with Crippen molar-refractivity contribution in [2.75, 3.05) is 31.1 Å². The van der Waals surface area contributed by atoms with Crippen LogP contribution in [0.5, 0.6) is 0 Å². The summed E-state index contributed by atoms with van der Waals surface area (Å²) in [6.07, 6.45) is 9.16. The summed E-state index contributed by atoms with van der Waals surface area (Å²) in [5, 5.41) is 10.0. The number of hydrogen-bond donors (Lipinski definition) is 1. The number of hydrogen-bond acceptors (Lipinski definition) is 5. The van der Waals surface area contributed by atoms with Crippen LogP contribution in [0.2, 0.25) is 5.02 Å². The topological polar surface area (TPSA) is 90.4 Å². The van der Waals surface area contributed by atoms with Gasteiger partial charge in [0.1, 0.15) is 11.6 Å². The molecule has 220 valence electrons. The Balaban J connectivity index is 1.44. The summed E-state index contributed by atoms with van der Waals surface area (Å²) in [4.78, 5) is 48.5. The third-order valence-electron chi connectivity index (χ3n) is 9.18. The van der Waals surface area contributed by atoms with Crippen molar-refractivity contribution in [3.8, 4) is 0 Å². The second kappa shape index (κ2) is 11.3. The molecule has 2 aromatic carbocycles. The first-order valence-corrected chi connectivity index (χ1v) is 15.1. The minimum absolute atomic E-state index is 0.0121. The molecule has 0 radical (unpaired) electrons. The molecule has 2 saturated heterocycles. The number of rotatable bonds is 8. The first-order valence-electron chi connectivity index (χ1n) is 14.7. The number of ether oxygens (including phenoxy) is 1. The van der Waals surface area contributed by atoms with Gasteiger partial charge < -0.3 is 24.5 Å². The van der Waals surface area contributed by atoms with Crippen LogP contribution in [0.15, 0.2) is 78.9 Å². The van der Waals surface area contributed by atoms with Crippen molar-refractivity contribution in [1.29, 1.82) is 0 Å². The number of carbonyl (C=O) groups is 3. The van der Waals surface area contributed by atoms with Crippen molar-refractivity contribution >= 4 is 35.0 Å². The maximum atomic E-state index is 14.5. The molecule has 8 nitrogen and oxygen atoms in total. The van der Waals surface area contributed by atoms with E-state index in [0.29, 0.717) is 49.6 Å². The van der Waals surface area contributed by atoms with Gasteiger partial charge in [-0.2, -0.15) is 0 Å². The zero-order chi connectivity index (χ0) is 29.5. The molecule has 0 aromatic heterocycles. The van der Waals surface area contributed by atoms with Crippen LogP contribution in [0.25, 0.3) is 0 Å². The fourth-order valence-corrected chi connectivity index (χ4v) is 7.37. The normalized spacial score (nSPS) is 30.3. The zero-order valence-corrected chi connectivity index (χ0v) is 24.5. The van der Waals surface area contributed by atoms with Crippen LogP contribution in [0, 0.1) is 11.8 Å². The van der Waals surface area contributed by atoms with Gasteiger partial charge >= 0.3 is 0 Å². The number of aliphatic hydroxyl groups is 1. The van der Waals surface area contributed by atoms with Crippen LogP contribution in [-0.4, -0.2) is 76.1 Å².